The van der Waals surface area contributed by atoms with E-state index in [1.54, 1.807) is 0 Å². The standard InChI is InChI=1S/C15H17ClN2O/c1-5-13-17-14(16)11(4)15(18-13)19-12-8-6-7-9(2)10(12)3/h6-8H,5H2,1-4H3. The van der Waals surface area contributed by atoms with E-state index in [0.717, 1.165) is 23.3 Å². The number of benzene rings is 1. The van der Waals surface area contributed by atoms with Crippen LogP contribution >= 0.6 is 11.6 Å². The Kier molecular flexibility index (Phi) is 4.05. The molecule has 1 aromatic heterocycles. The highest BCUT2D eigenvalue weighted by Gasteiger charge is 2.12. The molecule has 100 valence electrons. The third-order valence-corrected chi connectivity index (χ3v) is 3.53. The summed E-state index contributed by atoms with van der Waals surface area (Å²) in [4.78, 5) is 8.61. The number of hydrogen-bond donors (Lipinski definition) is 0. The van der Waals surface area contributed by atoms with Crippen molar-refractivity contribution in [1.82, 2.24) is 9.97 Å². The van der Waals surface area contributed by atoms with E-state index in [0.29, 0.717) is 16.9 Å². The molecule has 0 saturated heterocycles. The second-order valence-electron chi connectivity index (χ2n) is 4.51. The smallest absolute Gasteiger partial charge is 0.227 e. The average molecular weight is 277 g/mol. The zero-order valence-electron chi connectivity index (χ0n) is 11.6. The van der Waals surface area contributed by atoms with Gasteiger partial charge in [-0.15, -0.1) is 0 Å². The zero-order chi connectivity index (χ0) is 14.0. The van der Waals surface area contributed by atoms with Crippen LogP contribution in [0.1, 0.15) is 29.4 Å². The molecule has 0 radical (unpaired) electrons. The summed E-state index contributed by atoms with van der Waals surface area (Å²) < 4.78 is 5.91. The SMILES string of the molecule is CCc1nc(Cl)c(C)c(Oc2cccc(C)c2C)n1. The van der Waals surface area contributed by atoms with Gasteiger partial charge in [0.2, 0.25) is 5.88 Å². The molecule has 1 aromatic carbocycles. The summed E-state index contributed by atoms with van der Waals surface area (Å²) in [7, 11) is 0. The van der Waals surface area contributed by atoms with Crippen LogP contribution in [0.2, 0.25) is 5.15 Å². The second kappa shape index (κ2) is 5.57. The molecule has 19 heavy (non-hydrogen) atoms. The Labute approximate surface area is 118 Å². The maximum Gasteiger partial charge on any atom is 0.227 e. The van der Waals surface area contributed by atoms with Crippen LogP contribution in [0.25, 0.3) is 0 Å². The lowest BCUT2D eigenvalue weighted by Crippen LogP contribution is -2.01. The van der Waals surface area contributed by atoms with Crippen LogP contribution in [0, 0.1) is 20.8 Å². The predicted octanol–water partition coefficient (Wildman–Crippen LogP) is 4.41. The quantitative estimate of drug-likeness (QED) is 0.779. The minimum absolute atomic E-state index is 0.451. The number of halogens is 1. The summed E-state index contributed by atoms with van der Waals surface area (Å²) in [6, 6.07) is 5.96. The van der Waals surface area contributed by atoms with Crippen molar-refractivity contribution in [3.63, 3.8) is 0 Å². The van der Waals surface area contributed by atoms with Gasteiger partial charge in [-0.3, -0.25) is 0 Å². The van der Waals surface area contributed by atoms with E-state index in [1.807, 2.05) is 32.9 Å². The van der Waals surface area contributed by atoms with Gasteiger partial charge in [-0.05, 0) is 38.0 Å². The van der Waals surface area contributed by atoms with Gasteiger partial charge in [-0.2, -0.15) is 4.98 Å². The third kappa shape index (κ3) is 2.87. The minimum atomic E-state index is 0.451. The van der Waals surface area contributed by atoms with Gasteiger partial charge >= 0.3 is 0 Å². The maximum atomic E-state index is 6.10. The van der Waals surface area contributed by atoms with Gasteiger partial charge in [0.25, 0.3) is 0 Å². The van der Waals surface area contributed by atoms with E-state index in [-0.39, 0.29) is 0 Å². The normalized spacial score (nSPS) is 10.6. The number of aromatic nitrogens is 2. The second-order valence-corrected chi connectivity index (χ2v) is 4.87. The van der Waals surface area contributed by atoms with Crippen LogP contribution < -0.4 is 4.74 Å². The van der Waals surface area contributed by atoms with Crippen molar-refractivity contribution in [3.05, 3.63) is 45.9 Å². The molecule has 0 aliphatic heterocycles. The molecular weight excluding hydrogens is 260 g/mol. The molecule has 0 saturated carbocycles. The summed E-state index contributed by atoms with van der Waals surface area (Å²) in [5, 5.41) is 0.451. The lowest BCUT2D eigenvalue weighted by Gasteiger charge is -2.12. The van der Waals surface area contributed by atoms with Gasteiger partial charge in [0.15, 0.2) is 0 Å². The lowest BCUT2D eigenvalue weighted by molar-refractivity contribution is 0.451. The molecule has 0 unspecified atom stereocenters. The first-order valence-electron chi connectivity index (χ1n) is 6.30. The topological polar surface area (TPSA) is 35.0 Å². The highest BCUT2D eigenvalue weighted by atomic mass is 35.5. The fourth-order valence-electron chi connectivity index (χ4n) is 1.71. The molecule has 0 bridgehead atoms. The van der Waals surface area contributed by atoms with Crippen molar-refractivity contribution in [1.29, 1.82) is 0 Å². The Hall–Kier alpha value is -1.61. The molecule has 0 fully saturated rings. The van der Waals surface area contributed by atoms with Crippen LogP contribution in [0.4, 0.5) is 0 Å². The van der Waals surface area contributed by atoms with Crippen molar-refractivity contribution < 1.29 is 4.74 Å². The van der Waals surface area contributed by atoms with Crippen LogP contribution in [0.3, 0.4) is 0 Å². The first-order chi connectivity index (χ1) is 9.02. The molecule has 0 atom stereocenters. The molecule has 3 nitrogen and oxygen atoms in total. The van der Waals surface area contributed by atoms with Gasteiger partial charge in [0.05, 0.1) is 0 Å². The average Bonchev–Trinajstić information content (AvgIpc) is 2.39. The summed E-state index contributed by atoms with van der Waals surface area (Å²) in [5.74, 6) is 2.03. The molecule has 1 heterocycles. The highest BCUT2D eigenvalue weighted by Crippen LogP contribution is 2.30. The van der Waals surface area contributed by atoms with E-state index < -0.39 is 0 Å². The monoisotopic (exact) mass is 276 g/mol. The Morgan fingerprint density at radius 2 is 1.84 bits per heavy atom. The predicted molar refractivity (Wildman–Crippen MR) is 77.1 cm³/mol. The fourth-order valence-corrected chi connectivity index (χ4v) is 1.89. The molecule has 4 heteroatoms. The van der Waals surface area contributed by atoms with E-state index in [9.17, 15) is 0 Å². The van der Waals surface area contributed by atoms with Gasteiger partial charge in [0, 0.05) is 12.0 Å². The summed E-state index contributed by atoms with van der Waals surface area (Å²) in [5.41, 5.74) is 3.06. The number of aryl methyl sites for hydroxylation is 2. The summed E-state index contributed by atoms with van der Waals surface area (Å²) >= 11 is 6.10. The van der Waals surface area contributed by atoms with Crippen molar-refractivity contribution in [3.8, 4) is 11.6 Å². The summed E-state index contributed by atoms with van der Waals surface area (Å²) in [6.45, 7) is 7.94. The molecular formula is C15H17ClN2O. The van der Waals surface area contributed by atoms with Crippen molar-refractivity contribution in [2.45, 2.75) is 34.1 Å². The zero-order valence-corrected chi connectivity index (χ0v) is 12.4. The number of ether oxygens (including phenoxy) is 1. The van der Waals surface area contributed by atoms with Crippen molar-refractivity contribution >= 4 is 11.6 Å². The molecule has 0 amide bonds. The molecule has 2 aromatic rings. The fraction of sp³-hybridized carbons (Fsp3) is 0.333. The van der Waals surface area contributed by atoms with Crippen LogP contribution in [0.5, 0.6) is 11.6 Å². The van der Waals surface area contributed by atoms with Crippen LogP contribution in [-0.4, -0.2) is 9.97 Å². The molecule has 2 rings (SSSR count). The Morgan fingerprint density at radius 1 is 1.11 bits per heavy atom. The Morgan fingerprint density at radius 3 is 2.53 bits per heavy atom. The van der Waals surface area contributed by atoms with E-state index in [1.165, 1.54) is 5.56 Å². The molecule has 0 aliphatic carbocycles. The van der Waals surface area contributed by atoms with Crippen LogP contribution in [-0.2, 0) is 6.42 Å². The van der Waals surface area contributed by atoms with Gasteiger partial charge in [-0.1, -0.05) is 30.7 Å². The minimum Gasteiger partial charge on any atom is -0.438 e. The molecule has 0 aliphatic rings. The number of nitrogens with zero attached hydrogens (tertiary/aromatic N) is 2. The van der Waals surface area contributed by atoms with Crippen molar-refractivity contribution in [2.75, 3.05) is 0 Å². The molecule has 0 N–H and O–H groups in total. The first-order valence-corrected chi connectivity index (χ1v) is 6.67. The largest absolute Gasteiger partial charge is 0.438 e. The van der Waals surface area contributed by atoms with Crippen LogP contribution in [0.15, 0.2) is 18.2 Å². The Balaban J connectivity index is 2.43. The third-order valence-electron chi connectivity index (χ3n) is 3.17. The lowest BCUT2D eigenvalue weighted by atomic mass is 10.1. The van der Waals surface area contributed by atoms with Crippen molar-refractivity contribution in [2.24, 2.45) is 0 Å². The van der Waals surface area contributed by atoms with E-state index >= 15 is 0 Å². The first kappa shape index (κ1) is 13.8. The summed E-state index contributed by atoms with van der Waals surface area (Å²) in [6.07, 6.45) is 0.725. The van der Waals surface area contributed by atoms with Gasteiger partial charge < -0.3 is 4.74 Å². The number of rotatable bonds is 3. The van der Waals surface area contributed by atoms with E-state index in [2.05, 4.69) is 23.0 Å². The maximum absolute atomic E-state index is 6.10. The van der Waals surface area contributed by atoms with E-state index in [4.69, 9.17) is 16.3 Å². The molecule has 0 spiro atoms. The Bertz CT molecular complexity index is 611. The van der Waals surface area contributed by atoms with Gasteiger partial charge in [0.1, 0.15) is 16.7 Å². The highest BCUT2D eigenvalue weighted by molar-refractivity contribution is 6.30. The van der Waals surface area contributed by atoms with Gasteiger partial charge in [-0.25, -0.2) is 4.98 Å². The number of hydrogen-bond acceptors (Lipinski definition) is 3.